The van der Waals surface area contributed by atoms with E-state index in [0.29, 0.717) is 22.5 Å². The molecule has 0 aliphatic heterocycles. The summed E-state index contributed by atoms with van der Waals surface area (Å²) >= 11 is 0. The Bertz CT molecular complexity index is 2600. The highest BCUT2D eigenvalue weighted by Gasteiger charge is 2.31. The van der Waals surface area contributed by atoms with Crippen molar-refractivity contribution in [2.45, 2.75) is 40.9 Å². The maximum absolute atomic E-state index is 13.8. The normalized spacial score (nSPS) is 12.5. The molecule has 0 saturated carbocycles. The molecule has 0 fully saturated rings. The van der Waals surface area contributed by atoms with E-state index in [1.807, 2.05) is 0 Å². The number of hydrogen-bond acceptors (Lipinski definition) is 12. The smallest absolute Gasteiger partial charge is 0.335 e. The number of carbonyl (C=O) groups is 1. The van der Waals surface area contributed by atoms with Gasteiger partial charge in [-0.25, -0.2) is 22.6 Å². The number of para-hydroxylation sites is 1. The molecule has 4 N–H and O–H groups in total. The number of carboxylic acid groups (broad SMARTS) is 1. The van der Waals surface area contributed by atoms with Crippen molar-refractivity contribution >= 4 is 53.6 Å². The molecule has 51 heavy (non-hydrogen) atoms. The molecule has 2 aromatic heterocycles. The Balaban J connectivity index is 1.79. The molecule has 0 spiro atoms. The third kappa shape index (κ3) is 7.54. The number of nitriles is 1. The Morgan fingerprint density at radius 2 is 1.55 bits per heavy atom. The number of nitrogens with one attached hydrogen (secondary N) is 1. The van der Waals surface area contributed by atoms with Gasteiger partial charge in [0.2, 0.25) is 0 Å². The van der Waals surface area contributed by atoms with Crippen LogP contribution in [0.4, 0.5) is 17.3 Å². The minimum Gasteiger partial charge on any atom is -0.478 e. The number of hydrogen-bond donors (Lipinski definition) is 4. The number of nitrogens with zero attached hydrogens (tertiary/aromatic N) is 7. The van der Waals surface area contributed by atoms with Gasteiger partial charge >= 0.3 is 5.97 Å². The molecule has 0 saturated heterocycles. The molecule has 2 heterocycles. The summed E-state index contributed by atoms with van der Waals surface area (Å²) in [5, 5.41) is 36.3. The van der Waals surface area contributed by atoms with E-state index in [2.05, 4.69) is 25.1 Å². The predicted molar refractivity (Wildman–Crippen MR) is 179 cm³/mol. The molecule has 5 rings (SSSR count). The first-order chi connectivity index (χ1) is 23.7. The van der Waals surface area contributed by atoms with Crippen molar-refractivity contribution in [1.29, 1.82) is 5.26 Å². The van der Waals surface area contributed by atoms with Crippen molar-refractivity contribution in [2.75, 3.05) is 4.72 Å². The molecular weight excluding hydrogens is 729 g/mol. The Morgan fingerprint density at radius 1 is 0.863 bits per heavy atom. The molecule has 0 aliphatic carbocycles. The summed E-state index contributed by atoms with van der Waals surface area (Å²) in [7, 11) is -14.5. The van der Waals surface area contributed by atoms with Gasteiger partial charge in [-0.05, 0) is 48.5 Å². The van der Waals surface area contributed by atoms with E-state index in [0.717, 1.165) is 18.3 Å². The van der Waals surface area contributed by atoms with Crippen molar-refractivity contribution in [3.8, 4) is 17.4 Å². The van der Waals surface area contributed by atoms with Crippen LogP contribution in [0.3, 0.4) is 0 Å². The number of aromatic carboxylic acids is 1. The van der Waals surface area contributed by atoms with Crippen LogP contribution in [0, 0.1) is 11.3 Å². The SMILES string of the molecule is CC(C)(C)c1nn(-c2ccccc2)c(NS(=O)(=O)c2cccc(C(=O)O)c2)c1/N=N/c1c(C#N)cnn1-c1cc(S(=O)(=O)O)ccc1S(=O)(=O)O. The summed E-state index contributed by atoms with van der Waals surface area (Å²) in [6.07, 6.45) is 0.944. The molecule has 3 aromatic carbocycles. The van der Waals surface area contributed by atoms with E-state index >= 15 is 0 Å². The lowest BCUT2D eigenvalue weighted by atomic mass is 9.91. The largest absolute Gasteiger partial charge is 0.478 e. The second-order valence-corrected chi connectivity index (χ2v) is 16.2. The second-order valence-electron chi connectivity index (χ2n) is 11.7. The lowest BCUT2D eigenvalue weighted by molar-refractivity contribution is 0.0696. The molecule has 5 aromatic rings. The van der Waals surface area contributed by atoms with Crippen LogP contribution >= 0.6 is 0 Å². The first-order valence-corrected chi connectivity index (χ1v) is 18.6. The van der Waals surface area contributed by atoms with Crippen molar-refractivity contribution in [3.05, 3.63) is 95.8 Å². The summed E-state index contributed by atoms with van der Waals surface area (Å²) in [6, 6.07) is 16.7. The lowest BCUT2D eigenvalue weighted by Crippen LogP contribution is -2.16. The highest BCUT2D eigenvalue weighted by molar-refractivity contribution is 7.92. The Hall–Kier alpha value is -5.79. The van der Waals surface area contributed by atoms with E-state index in [9.17, 15) is 49.5 Å². The van der Waals surface area contributed by atoms with Crippen LogP contribution in [-0.4, -0.2) is 65.0 Å². The minimum atomic E-state index is -5.06. The second kappa shape index (κ2) is 13.2. The van der Waals surface area contributed by atoms with Crippen LogP contribution < -0.4 is 4.72 Å². The fourth-order valence-corrected chi connectivity index (χ4v) is 6.92. The molecule has 0 aliphatic rings. The average molecular weight is 755 g/mol. The molecule has 21 heteroatoms. The van der Waals surface area contributed by atoms with Gasteiger partial charge in [-0.3, -0.25) is 13.8 Å². The van der Waals surface area contributed by atoms with Crippen LogP contribution in [0.2, 0.25) is 0 Å². The summed E-state index contributed by atoms with van der Waals surface area (Å²) < 4.78 is 99.8. The lowest BCUT2D eigenvalue weighted by Gasteiger charge is -2.15. The number of sulfonamides is 1. The third-order valence-corrected chi connectivity index (χ3v) is 10.1. The van der Waals surface area contributed by atoms with Crippen molar-refractivity contribution in [3.63, 3.8) is 0 Å². The summed E-state index contributed by atoms with van der Waals surface area (Å²) in [4.78, 5) is 9.52. The van der Waals surface area contributed by atoms with Gasteiger partial charge in [0.1, 0.15) is 16.5 Å². The summed E-state index contributed by atoms with van der Waals surface area (Å²) in [6.45, 7) is 5.22. The van der Waals surface area contributed by atoms with Crippen LogP contribution in [0.15, 0.2) is 104 Å². The summed E-state index contributed by atoms with van der Waals surface area (Å²) in [5.74, 6) is -2.13. The third-order valence-electron chi connectivity index (χ3n) is 7.04. The van der Waals surface area contributed by atoms with Crippen LogP contribution in [0.1, 0.15) is 42.4 Å². The Morgan fingerprint density at radius 3 is 2.14 bits per heavy atom. The van der Waals surface area contributed by atoms with Gasteiger partial charge < -0.3 is 5.11 Å². The predicted octanol–water partition coefficient (Wildman–Crippen LogP) is 4.63. The quantitative estimate of drug-likeness (QED) is 0.112. The maximum atomic E-state index is 13.8. The minimum absolute atomic E-state index is 0.170. The van der Waals surface area contributed by atoms with Crippen molar-refractivity contribution in [2.24, 2.45) is 10.2 Å². The zero-order chi connectivity index (χ0) is 37.5. The van der Waals surface area contributed by atoms with E-state index in [4.69, 9.17) is 0 Å². The van der Waals surface area contributed by atoms with Crippen LogP contribution in [0.25, 0.3) is 11.4 Å². The van der Waals surface area contributed by atoms with Gasteiger partial charge in [-0.1, -0.05) is 45.0 Å². The summed E-state index contributed by atoms with van der Waals surface area (Å²) in [5.41, 5.74) is -1.78. The molecule has 0 bridgehead atoms. The number of carboxylic acids is 1. The van der Waals surface area contributed by atoms with Crippen LogP contribution in [-0.2, 0) is 35.7 Å². The standard InChI is InChI=1S/C30H26N8O10S3/c1-30(2,3)26-25(28(37(35-26)20-9-5-4-6-10-20)36-49(41,42)21-11-7-8-18(14-21)29(39)40)33-34-27-19(16-31)17-32-38(27)23-15-22(50(43,44)45)12-13-24(23)51(46,47)48/h4-15,17,36H,1-3H3,(H,39,40)(H,43,44,45)(H,46,47,48)/b34-33+. The zero-order valence-corrected chi connectivity index (χ0v) is 29.0. The zero-order valence-electron chi connectivity index (χ0n) is 26.6. The van der Waals surface area contributed by atoms with Crippen LogP contribution in [0.5, 0.6) is 0 Å². The highest BCUT2D eigenvalue weighted by atomic mass is 32.2. The first kappa shape index (κ1) is 36.5. The van der Waals surface area contributed by atoms with E-state index in [1.54, 1.807) is 57.2 Å². The number of aromatic nitrogens is 4. The average Bonchev–Trinajstić information content (AvgIpc) is 3.63. The fraction of sp³-hybridized carbons (Fsp3) is 0.133. The van der Waals surface area contributed by atoms with Gasteiger partial charge in [-0.2, -0.15) is 32.3 Å². The molecule has 0 amide bonds. The van der Waals surface area contributed by atoms with Gasteiger partial charge in [0, 0.05) is 5.41 Å². The molecule has 0 unspecified atom stereocenters. The maximum Gasteiger partial charge on any atom is 0.335 e. The van der Waals surface area contributed by atoms with E-state index in [1.165, 1.54) is 22.9 Å². The monoisotopic (exact) mass is 754 g/mol. The van der Waals surface area contributed by atoms with Crippen molar-refractivity contribution < 1.29 is 44.3 Å². The van der Waals surface area contributed by atoms with Gasteiger partial charge in [0.15, 0.2) is 17.3 Å². The Labute approximate surface area is 290 Å². The molecule has 0 radical (unpaired) electrons. The molecule has 18 nitrogen and oxygen atoms in total. The van der Waals surface area contributed by atoms with E-state index < -0.39 is 67.8 Å². The van der Waals surface area contributed by atoms with Gasteiger partial charge in [0.25, 0.3) is 30.3 Å². The first-order valence-electron chi connectivity index (χ1n) is 14.3. The topological polar surface area (TPSA) is 276 Å². The number of azo groups is 1. The number of anilines is 1. The molecule has 0 atom stereocenters. The fourth-order valence-electron chi connectivity index (χ4n) is 4.67. The Kier molecular flexibility index (Phi) is 9.41. The number of rotatable bonds is 10. The van der Waals surface area contributed by atoms with E-state index in [-0.39, 0.29) is 28.3 Å². The van der Waals surface area contributed by atoms with Gasteiger partial charge in [-0.15, -0.1) is 10.2 Å². The molecule has 264 valence electrons. The van der Waals surface area contributed by atoms with Crippen molar-refractivity contribution in [1.82, 2.24) is 19.6 Å². The van der Waals surface area contributed by atoms with Gasteiger partial charge in [0.05, 0.1) is 38.6 Å². The number of benzene rings is 3. The molecular formula is C30H26N8O10S3. The highest BCUT2D eigenvalue weighted by Crippen LogP contribution is 2.41.